The zero-order chi connectivity index (χ0) is 20.4. The maximum atomic E-state index is 10.6. The first-order valence-corrected chi connectivity index (χ1v) is 10.9. The first kappa shape index (κ1) is 20.3. The third-order valence-corrected chi connectivity index (χ3v) is 6.59. The first-order chi connectivity index (χ1) is 14.0. The Bertz CT molecular complexity index is 826. The van der Waals surface area contributed by atoms with Gasteiger partial charge in [0.05, 0.1) is 12.6 Å². The van der Waals surface area contributed by atoms with Crippen molar-refractivity contribution in [2.24, 2.45) is 12.5 Å². The molecule has 0 saturated carbocycles. The normalized spacial score (nSPS) is 22.3. The minimum Gasteiger partial charge on any atom is -0.392 e. The molecule has 4 rings (SSSR count). The average molecular weight is 399 g/mol. The zero-order valence-corrected chi connectivity index (χ0v) is 18.0. The fraction of sp³-hybridized carbons (Fsp3) is 0.682. The van der Waals surface area contributed by atoms with Crippen molar-refractivity contribution in [2.45, 2.75) is 58.6 Å². The molecule has 2 aliphatic rings. The van der Waals surface area contributed by atoms with E-state index in [-0.39, 0.29) is 11.5 Å². The standard InChI is InChI=1S/C22H34N6O/c1-4-5-18-13-24-17(2)25-21(18)28-9-6-22(7-10-28)12-19(29)14-27(16-22)15-20-23-8-11-26(20)3/h8,11,13,19,29H,4-7,9-10,12,14-16H2,1-3H3. The molecule has 1 atom stereocenters. The van der Waals surface area contributed by atoms with E-state index in [2.05, 4.69) is 31.3 Å². The van der Waals surface area contributed by atoms with E-state index < -0.39 is 0 Å². The monoisotopic (exact) mass is 398 g/mol. The fourth-order valence-electron chi connectivity index (χ4n) is 5.09. The molecule has 0 aliphatic carbocycles. The summed E-state index contributed by atoms with van der Waals surface area (Å²) < 4.78 is 2.07. The maximum Gasteiger partial charge on any atom is 0.135 e. The molecule has 1 unspecified atom stereocenters. The number of nitrogens with zero attached hydrogens (tertiary/aromatic N) is 6. The number of likely N-dealkylation sites (tertiary alicyclic amines) is 1. The van der Waals surface area contributed by atoms with Crippen LogP contribution in [0, 0.1) is 12.3 Å². The first-order valence-electron chi connectivity index (χ1n) is 10.9. The van der Waals surface area contributed by atoms with E-state index in [1.165, 1.54) is 5.56 Å². The number of aliphatic hydroxyl groups excluding tert-OH is 1. The zero-order valence-electron chi connectivity index (χ0n) is 18.0. The summed E-state index contributed by atoms with van der Waals surface area (Å²) in [6.07, 6.45) is 10.8. The molecular formula is C22H34N6O. The van der Waals surface area contributed by atoms with E-state index in [4.69, 9.17) is 4.98 Å². The average Bonchev–Trinajstić information content (AvgIpc) is 3.08. The van der Waals surface area contributed by atoms with Crippen LogP contribution < -0.4 is 4.90 Å². The highest BCUT2D eigenvalue weighted by Gasteiger charge is 2.42. The minimum atomic E-state index is -0.257. The number of hydrogen-bond donors (Lipinski definition) is 1. The highest BCUT2D eigenvalue weighted by atomic mass is 16.3. The molecule has 2 saturated heterocycles. The maximum absolute atomic E-state index is 10.6. The molecule has 29 heavy (non-hydrogen) atoms. The topological polar surface area (TPSA) is 70.3 Å². The van der Waals surface area contributed by atoms with Crippen molar-refractivity contribution in [1.82, 2.24) is 24.4 Å². The van der Waals surface area contributed by atoms with Crippen molar-refractivity contribution in [1.29, 1.82) is 0 Å². The molecule has 0 amide bonds. The van der Waals surface area contributed by atoms with Crippen LogP contribution >= 0.6 is 0 Å². The lowest BCUT2D eigenvalue weighted by atomic mass is 9.71. The third-order valence-electron chi connectivity index (χ3n) is 6.59. The number of β-amino-alcohol motifs (C(OH)–C–C–N with tert-alkyl or cyclic N) is 1. The van der Waals surface area contributed by atoms with E-state index in [0.717, 1.165) is 82.3 Å². The Morgan fingerprint density at radius 2 is 2.03 bits per heavy atom. The molecule has 158 valence electrons. The van der Waals surface area contributed by atoms with Gasteiger partial charge in [0, 0.05) is 57.4 Å². The summed E-state index contributed by atoms with van der Waals surface area (Å²) in [5, 5.41) is 10.6. The van der Waals surface area contributed by atoms with Gasteiger partial charge < -0.3 is 14.6 Å². The van der Waals surface area contributed by atoms with Crippen molar-refractivity contribution in [3.63, 3.8) is 0 Å². The van der Waals surface area contributed by atoms with E-state index in [1.807, 2.05) is 32.6 Å². The van der Waals surface area contributed by atoms with Gasteiger partial charge in [-0.1, -0.05) is 13.3 Å². The molecule has 2 aliphatic heterocycles. The predicted molar refractivity (Wildman–Crippen MR) is 114 cm³/mol. The smallest absolute Gasteiger partial charge is 0.135 e. The van der Waals surface area contributed by atoms with E-state index in [9.17, 15) is 5.11 Å². The van der Waals surface area contributed by atoms with Crippen LogP contribution in [0.4, 0.5) is 5.82 Å². The molecule has 0 radical (unpaired) electrons. The van der Waals surface area contributed by atoms with Gasteiger partial charge in [0.1, 0.15) is 17.5 Å². The van der Waals surface area contributed by atoms with Crippen molar-refractivity contribution < 1.29 is 5.11 Å². The summed E-state index contributed by atoms with van der Waals surface area (Å²) in [6, 6.07) is 0. The number of piperidine rings is 2. The summed E-state index contributed by atoms with van der Waals surface area (Å²) in [7, 11) is 2.04. The predicted octanol–water partition coefficient (Wildman–Crippen LogP) is 2.32. The van der Waals surface area contributed by atoms with Gasteiger partial charge in [-0.15, -0.1) is 0 Å². The van der Waals surface area contributed by atoms with E-state index >= 15 is 0 Å². The molecule has 2 fully saturated rings. The lowest BCUT2D eigenvalue weighted by molar-refractivity contribution is -0.0263. The lowest BCUT2D eigenvalue weighted by Crippen LogP contribution is -2.53. The SMILES string of the molecule is CCCc1cnc(C)nc1N1CCC2(CC1)CC(O)CN(Cc1nccn1C)C2. The van der Waals surface area contributed by atoms with E-state index in [0.29, 0.717) is 0 Å². The molecular weight excluding hydrogens is 364 g/mol. The van der Waals surface area contributed by atoms with Gasteiger partial charge in [-0.25, -0.2) is 15.0 Å². The van der Waals surface area contributed by atoms with Crippen molar-refractivity contribution in [2.75, 3.05) is 31.1 Å². The number of anilines is 1. The molecule has 2 aromatic heterocycles. The van der Waals surface area contributed by atoms with Crippen molar-refractivity contribution in [3.05, 3.63) is 35.8 Å². The lowest BCUT2D eigenvalue weighted by Gasteiger charge is -2.49. The quantitative estimate of drug-likeness (QED) is 0.834. The second kappa shape index (κ2) is 8.40. The number of aromatic nitrogens is 4. The van der Waals surface area contributed by atoms with Gasteiger partial charge in [0.25, 0.3) is 0 Å². The largest absolute Gasteiger partial charge is 0.392 e. The molecule has 1 spiro atoms. The Hall–Kier alpha value is -1.99. The van der Waals surface area contributed by atoms with Gasteiger partial charge >= 0.3 is 0 Å². The number of hydrogen-bond acceptors (Lipinski definition) is 6. The van der Waals surface area contributed by atoms with Gasteiger partial charge in [0.15, 0.2) is 0 Å². The Labute approximate surface area is 173 Å². The van der Waals surface area contributed by atoms with Crippen LogP contribution in [0.25, 0.3) is 0 Å². The van der Waals surface area contributed by atoms with Crippen LogP contribution in [-0.2, 0) is 20.0 Å². The van der Waals surface area contributed by atoms with Gasteiger partial charge in [-0.2, -0.15) is 0 Å². The van der Waals surface area contributed by atoms with Crippen LogP contribution in [0.3, 0.4) is 0 Å². The minimum absolute atomic E-state index is 0.187. The number of aliphatic hydroxyl groups is 1. The highest BCUT2D eigenvalue weighted by Crippen LogP contribution is 2.41. The Morgan fingerprint density at radius 3 is 2.72 bits per heavy atom. The second-order valence-electron chi connectivity index (χ2n) is 8.99. The Balaban J connectivity index is 1.45. The van der Waals surface area contributed by atoms with Gasteiger partial charge in [-0.05, 0) is 38.0 Å². The van der Waals surface area contributed by atoms with Crippen LogP contribution in [0.2, 0.25) is 0 Å². The number of rotatable bonds is 5. The molecule has 1 N–H and O–H groups in total. The number of aryl methyl sites for hydroxylation is 3. The van der Waals surface area contributed by atoms with E-state index in [1.54, 1.807) is 0 Å². The summed E-state index contributed by atoms with van der Waals surface area (Å²) in [6.45, 7) is 8.75. The number of imidazole rings is 1. The molecule has 4 heterocycles. The molecule has 0 aromatic carbocycles. The van der Waals surface area contributed by atoms with Crippen LogP contribution in [0.15, 0.2) is 18.6 Å². The fourth-order valence-corrected chi connectivity index (χ4v) is 5.09. The van der Waals surface area contributed by atoms with Crippen LogP contribution in [0.1, 0.15) is 49.8 Å². The van der Waals surface area contributed by atoms with Crippen molar-refractivity contribution in [3.8, 4) is 0 Å². The summed E-state index contributed by atoms with van der Waals surface area (Å²) in [5.41, 5.74) is 1.45. The Morgan fingerprint density at radius 1 is 1.24 bits per heavy atom. The van der Waals surface area contributed by atoms with Crippen LogP contribution in [-0.4, -0.2) is 61.8 Å². The second-order valence-corrected chi connectivity index (χ2v) is 8.99. The highest BCUT2D eigenvalue weighted by molar-refractivity contribution is 5.46. The summed E-state index contributed by atoms with van der Waals surface area (Å²) in [4.78, 5) is 18.5. The molecule has 0 bridgehead atoms. The molecule has 7 heteroatoms. The molecule has 2 aromatic rings. The van der Waals surface area contributed by atoms with Gasteiger partial charge in [0.2, 0.25) is 0 Å². The molecule has 7 nitrogen and oxygen atoms in total. The van der Waals surface area contributed by atoms with Crippen molar-refractivity contribution >= 4 is 5.82 Å². The summed E-state index contributed by atoms with van der Waals surface area (Å²) >= 11 is 0. The van der Waals surface area contributed by atoms with Crippen LogP contribution in [0.5, 0.6) is 0 Å². The van der Waals surface area contributed by atoms with Gasteiger partial charge in [-0.3, -0.25) is 4.90 Å². The third kappa shape index (κ3) is 4.46. The Kier molecular flexibility index (Phi) is 5.88. The summed E-state index contributed by atoms with van der Waals surface area (Å²) in [5.74, 6) is 3.03.